The van der Waals surface area contributed by atoms with E-state index in [2.05, 4.69) is 5.32 Å². The average molecular weight is 303 g/mol. The van der Waals surface area contributed by atoms with Crippen LogP contribution in [-0.2, 0) is 0 Å². The van der Waals surface area contributed by atoms with Gasteiger partial charge in [0.05, 0.1) is 6.04 Å². The molecule has 3 aromatic rings. The number of hydrogen-bond donors (Lipinski definition) is 1. The van der Waals surface area contributed by atoms with Crippen LogP contribution in [0.25, 0.3) is 10.1 Å². The molecule has 1 unspecified atom stereocenters. The lowest BCUT2D eigenvalue weighted by molar-refractivity contribution is 0.563. The fraction of sp³-hybridized carbons (Fsp3) is 0.176. The van der Waals surface area contributed by atoms with Crippen molar-refractivity contribution in [1.29, 1.82) is 0 Å². The van der Waals surface area contributed by atoms with Gasteiger partial charge in [-0.25, -0.2) is 8.78 Å². The maximum Gasteiger partial charge on any atom is 0.128 e. The largest absolute Gasteiger partial charge is 0.306 e. The highest BCUT2D eigenvalue weighted by Gasteiger charge is 2.19. The molecule has 0 amide bonds. The third kappa shape index (κ3) is 2.82. The first-order chi connectivity index (χ1) is 10.2. The Kier molecular flexibility index (Phi) is 3.99. The average Bonchev–Trinajstić information content (AvgIpc) is 2.88. The minimum atomic E-state index is -0.248. The maximum absolute atomic E-state index is 14.1. The Hall–Kier alpha value is -1.78. The molecule has 0 spiro atoms. The van der Waals surface area contributed by atoms with Crippen molar-refractivity contribution in [2.75, 3.05) is 6.54 Å². The molecule has 2 aromatic carbocycles. The number of halogens is 2. The van der Waals surface area contributed by atoms with E-state index in [1.807, 2.05) is 19.1 Å². The lowest BCUT2D eigenvalue weighted by atomic mass is 10.0. The van der Waals surface area contributed by atoms with Crippen LogP contribution in [0.4, 0.5) is 8.78 Å². The van der Waals surface area contributed by atoms with Gasteiger partial charge in [-0.1, -0.05) is 31.2 Å². The zero-order chi connectivity index (χ0) is 14.8. The molecule has 0 aliphatic heterocycles. The normalized spacial score (nSPS) is 12.7. The van der Waals surface area contributed by atoms with Crippen LogP contribution < -0.4 is 5.32 Å². The predicted octanol–water partition coefficient (Wildman–Crippen LogP) is 4.88. The summed E-state index contributed by atoms with van der Waals surface area (Å²) in [5.41, 5.74) is 0.617. The Labute approximate surface area is 126 Å². The van der Waals surface area contributed by atoms with Crippen LogP contribution in [0, 0.1) is 11.6 Å². The van der Waals surface area contributed by atoms with E-state index in [1.165, 1.54) is 29.5 Å². The molecule has 0 aliphatic rings. The smallest absolute Gasteiger partial charge is 0.128 e. The number of hydrogen-bond acceptors (Lipinski definition) is 2. The van der Waals surface area contributed by atoms with Crippen molar-refractivity contribution < 1.29 is 8.78 Å². The van der Waals surface area contributed by atoms with Crippen molar-refractivity contribution in [2.45, 2.75) is 13.0 Å². The summed E-state index contributed by atoms with van der Waals surface area (Å²) in [4.78, 5) is 0.988. The summed E-state index contributed by atoms with van der Waals surface area (Å²) in [7, 11) is 0. The quantitative estimate of drug-likeness (QED) is 0.724. The molecule has 21 heavy (non-hydrogen) atoms. The van der Waals surface area contributed by atoms with Gasteiger partial charge in [-0.2, -0.15) is 0 Å². The van der Waals surface area contributed by atoms with E-state index in [9.17, 15) is 8.78 Å². The Morgan fingerprint density at radius 1 is 1.10 bits per heavy atom. The van der Waals surface area contributed by atoms with Crippen LogP contribution in [-0.4, -0.2) is 6.54 Å². The summed E-state index contributed by atoms with van der Waals surface area (Å²) in [6, 6.07) is 13.3. The van der Waals surface area contributed by atoms with Gasteiger partial charge >= 0.3 is 0 Å². The number of thiophene rings is 1. The van der Waals surface area contributed by atoms with Gasteiger partial charge in [-0.05, 0) is 36.2 Å². The molecule has 0 radical (unpaired) electrons. The van der Waals surface area contributed by atoms with Crippen LogP contribution in [0.3, 0.4) is 0 Å². The van der Waals surface area contributed by atoms with E-state index in [1.54, 1.807) is 18.2 Å². The third-order valence-corrected chi connectivity index (χ3v) is 4.57. The fourth-order valence-corrected chi connectivity index (χ4v) is 3.63. The Morgan fingerprint density at radius 2 is 1.90 bits per heavy atom. The second-order valence-electron chi connectivity index (χ2n) is 4.84. The lowest BCUT2D eigenvalue weighted by Gasteiger charge is -2.17. The summed E-state index contributed by atoms with van der Waals surface area (Å²) in [6.45, 7) is 2.71. The minimum absolute atomic E-state index is 0.211. The summed E-state index contributed by atoms with van der Waals surface area (Å²) in [5, 5.41) is 4.29. The van der Waals surface area contributed by atoms with Gasteiger partial charge in [0.15, 0.2) is 0 Å². The van der Waals surface area contributed by atoms with Crippen molar-refractivity contribution in [3.8, 4) is 0 Å². The Bertz CT molecular complexity index is 766. The van der Waals surface area contributed by atoms with Gasteiger partial charge in [0.2, 0.25) is 0 Å². The number of fused-ring (bicyclic) bond motifs is 1. The van der Waals surface area contributed by atoms with E-state index < -0.39 is 0 Å². The van der Waals surface area contributed by atoms with E-state index >= 15 is 0 Å². The second-order valence-corrected chi connectivity index (χ2v) is 5.96. The van der Waals surface area contributed by atoms with Gasteiger partial charge in [0.1, 0.15) is 11.6 Å². The van der Waals surface area contributed by atoms with Crippen molar-refractivity contribution in [3.63, 3.8) is 0 Å². The van der Waals surface area contributed by atoms with Crippen molar-refractivity contribution in [3.05, 3.63) is 70.6 Å². The second kappa shape index (κ2) is 5.92. The van der Waals surface area contributed by atoms with Gasteiger partial charge in [-0.15, -0.1) is 11.3 Å². The molecule has 0 aliphatic carbocycles. The minimum Gasteiger partial charge on any atom is -0.306 e. The van der Waals surface area contributed by atoms with Gasteiger partial charge < -0.3 is 5.32 Å². The molecule has 108 valence electrons. The van der Waals surface area contributed by atoms with E-state index in [4.69, 9.17) is 0 Å². The summed E-state index contributed by atoms with van der Waals surface area (Å²) < 4.78 is 28.3. The first-order valence-corrected chi connectivity index (χ1v) is 7.67. The van der Waals surface area contributed by atoms with E-state index in [0.29, 0.717) is 5.56 Å². The molecule has 1 nitrogen and oxygen atoms in total. The third-order valence-electron chi connectivity index (χ3n) is 3.41. The molecule has 1 atom stereocenters. The lowest BCUT2D eigenvalue weighted by Crippen LogP contribution is -2.22. The number of nitrogens with one attached hydrogen (secondary N) is 1. The van der Waals surface area contributed by atoms with Crippen molar-refractivity contribution in [2.24, 2.45) is 0 Å². The predicted molar refractivity (Wildman–Crippen MR) is 83.7 cm³/mol. The first-order valence-electron chi connectivity index (χ1n) is 6.86. The highest BCUT2D eigenvalue weighted by molar-refractivity contribution is 7.19. The zero-order valence-electron chi connectivity index (χ0n) is 11.6. The maximum atomic E-state index is 14.1. The summed E-state index contributed by atoms with van der Waals surface area (Å²) in [5.74, 6) is -0.478. The van der Waals surface area contributed by atoms with E-state index in [-0.39, 0.29) is 17.7 Å². The SMILES string of the molecule is CCNC(c1cc2ccc(F)cc2s1)c1ccccc1F. The fourth-order valence-electron chi connectivity index (χ4n) is 2.44. The number of benzene rings is 2. The van der Waals surface area contributed by atoms with Gasteiger partial charge in [0.25, 0.3) is 0 Å². The standard InChI is InChI=1S/C17H15F2NS/c1-2-20-17(13-5-3-4-6-14(13)19)16-9-11-7-8-12(18)10-15(11)21-16/h3-10,17,20H,2H2,1H3. The van der Waals surface area contributed by atoms with Crippen molar-refractivity contribution >= 4 is 21.4 Å². The highest BCUT2D eigenvalue weighted by Crippen LogP contribution is 2.34. The number of rotatable bonds is 4. The van der Waals surface area contributed by atoms with E-state index in [0.717, 1.165) is 21.5 Å². The highest BCUT2D eigenvalue weighted by atomic mass is 32.1. The topological polar surface area (TPSA) is 12.0 Å². The molecule has 1 aromatic heterocycles. The van der Waals surface area contributed by atoms with Crippen LogP contribution in [0.5, 0.6) is 0 Å². The molecule has 1 heterocycles. The zero-order valence-corrected chi connectivity index (χ0v) is 12.4. The van der Waals surface area contributed by atoms with Crippen LogP contribution in [0.15, 0.2) is 48.5 Å². The Balaban J connectivity index is 2.09. The molecule has 0 bridgehead atoms. The Morgan fingerprint density at radius 3 is 2.67 bits per heavy atom. The molecule has 1 N–H and O–H groups in total. The molecule has 0 fully saturated rings. The molecular weight excluding hydrogens is 288 g/mol. The summed E-state index contributed by atoms with van der Waals surface area (Å²) in [6.07, 6.45) is 0. The van der Waals surface area contributed by atoms with Crippen LogP contribution in [0.2, 0.25) is 0 Å². The van der Waals surface area contributed by atoms with Gasteiger partial charge in [-0.3, -0.25) is 0 Å². The molecule has 0 saturated heterocycles. The molecular formula is C17H15F2NS. The molecule has 4 heteroatoms. The molecule has 0 saturated carbocycles. The first kappa shape index (κ1) is 14.2. The van der Waals surface area contributed by atoms with Crippen molar-refractivity contribution in [1.82, 2.24) is 5.32 Å². The van der Waals surface area contributed by atoms with Gasteiger partial charge in [0, 0.05) is 15.1 Å². The summed E-state index contributed by atoms with van der Waals surface area (Å²) >= 11 is 1.49. The molecule has 3 rings (SSSR count). The monoisotopic (exact) mass is 303 g/mol. The van der Waals surface area contributed by atoms with Crippen LogP contribution >= 0.6 is 11.3 Å². The van der Waals surface area contributed by atoms with Crippen LogP contribution in [0.1, 0.15) is 23.4 Å².